The summed E-state index contributed by atoms with van der Waals surface area (Å²) < 4.78 is 6.85. The highest BCUT2D eigenvalue weighted by molar-refractivity contribution is 5.69. The van der Waals surface area contributed by atoms with Crippen LogP contribution < -0.4 is 0 Å². The minimum Gasteiger partial charge on any atom is -0.459 e. The van der Waals surface area contributed by atoms with E-state index in [0.717, 1.165) is 11.3 Å². The first-order valence-electron chi connectivity index (χ1n) is 6.68. The summed E-state index contributed by atoms with van der Waals surface area (Å²) in [5.41, 5.74) is 1.93. The number of carbonyl (C=O) groups excluding carboxylic acids is 1. The van der Waals surface area contributed by atoms with Gasteiger partial charge >= 0.3 is 5.97 Å². The highest BCUT2D eigenvalue weighted by Crippen LogP contribution is 2.19. The zero-order valence-corrected chi connectivity index (χ0v) is 12.2. The second-order valence-electron chi connectivity index (χ2n) is 5.79. The second kappa shape index (κ2) is 5.90. The van der Waals surface area contributed by atoms with Crippen LogP contribution in [0.1, 0.15) is 32.0 Å². The Morgan fingerprint density at radius 3 is 2.50 bits per heavy atom. The third kappa shape index (κ3) is 3.95. The van der Waals surface area contributed by atoms with Crippen molar-refractivity contribution in [2.24, 2.45) is 0 Å². The largest absolute Gasteiger partial charge is 0.459 e. The number of ether oxygens (including phenoxy) is 1. The molecular weight excluding hydrogens is 252 g/mol. The molecule has 0 atom stereocenters. The molecule has 0 spiro atoms. The van der Waals surface area contributed by atoms with Crippen molar-refractivity contribution < 1.29 is 9.53 Å². The lowest BCUT2D eigenvalue weighted by Gasteiger charge is -2.14. The molecule has 0 fully saturated rings. The van der Waals surface area contributed by atoms with Gasteiger partial charge in [0.25, 0.3) is 0 Å². The minimum absolute atomic E-state index is 0.0147. The number of hydrogen-bond acceptors (Lipinski definition) is 3. The average molecular weight is 272 g/mol. The number of benzene rings is 1. The predicted octanol–water partition coefficient (Wildman–Crippen LogP) is 2.92. The van der Waals surface area contributed by atoms with Gasteiger partial charge < -0.3 is 4.74 Å². The van der Waals surface area contributed by atoms with E-state index in [1.54, 1.807) is 4.68 Å². The highest BCUT2D eigenvalue weighted by atomic mass is 16.5. The van der Waals surface area contributed by atoms with Gasteiger partial charge in [-0.2, -0.15) is 5.10 Å². The van der Waals surface area contributed by atoms with Crippen LogP contribution in [0.25, 0.3) is 0 Å². The summed E-state index contributed by atoms with van der Waals surface area (Å²) in [6.45, 7) is 6.71. The van der Waals surface area contributed by atoms with Crippen molar-refractivity contribution in [2.45, 2.75) is 39.3 Å². The van der Waals surface area contributed by atoms with Crippen molar-refractivity contribution in [3.8, 4) is 0 Å². The Labute approximate surface area is 119 Å². The molecule has 0 aliphatic carbocycles. The fourth-order valence-corrected chi connectivity index (χ4v) is 1.77. The lowest BCUT2D eigenvalue weighted by Crippen LogP contribution is -2.16. The van der Waals surface area contributed by atoms with Gasteiger partial charge in [0.2, 0.25) is 0 Å². The number of aromatic nitrogens is 2. The number of rotatable bonds is 4. The third-order valence-corrected chi connectivity index (χ3v) is 2.94. The van der Waals surface area contributed by atoms with E-state index in [1.807, 2.05) is 42.6 Å². The van der Waals surface area contributed by atoms with Crippen LogP contribution in [0.5, 0.6) is 0 Å². The van der Waals surface area contributed by atoms with Gasteiger partial charge in [-0.25, -0.2) is 0 Å². The van der Waals surface area contributed by atoms with Crippen molar-refractivity contribution in [3.63, 3.8) is 0 Å². The van der Waals surface area contributed by atoms with Gasteiger partial charge in [0.1, 0.15) is 13.2 Å². The molecule has 4 nitrogen and oxygen atoms in total. The van der Waals surface area contributed by atoms with Gasteiger partial charge in [-0.15, -0.1) is 0 Å². The van der Waals surface area contributed by atoms with E-state index < -0.39 is 0 Å². The Morgan fingerprint density at radius 2 is 1.90 bits per heavy atom. The Hall–Kier alpha value is -2.10. The smallest absolute Gasteiger partial charge is 0.328 e. The molecule has 1 heterocycles. The van der Waals surface area contributed by atoms with Gasteiger partial charge in [-0.3, -0.25) is 9.48 Å². The summed E-state index contributed by atoms with van der Waals surface area (Å²) in [5.74, 6) is -0.280. The summed E-state index contributed by atoms with van der Waals surface area (Å²) in [6.07, 6.45) is 1.81. The molecule has 1 aromatic heterocycles. The normalized spacial score (nSPS) is 11.3. The van der Waals surface area contributed by atoms with Crippen LogP contribution in [-0.4, -0.2) is 15.7 Å². The molecule has 106 valence electrons. The van der Waals surface area contributed by atoms with Gasteiger partial charge in [-0.05, 0) is 11.6 Å². The maximum atomic E-state index is 11.8. The lowest BCUT2D eigenvalue weighted by atomic mass is 9.93. The molecule has 1 aromatic carbocycles. The van der Waals surface area contributed by atoms with E-state index in [9.17, 15) is 4.79 Å². The molecule has 0 aliphatic rings. The molecule has 0 radical (unpaired) electrons. The molecule has 0 saturated carbocycles. The standard InChI is InChI=1S/C16H20N2O2/c1-16(2,3)14-9-10-18(17-14)11-15(19)20-12-13-7-5-4-6-8-13/h4-10H,11-12H2,1-3H3. The quantitative estimate of drug-likeness (QED) is 0.804. The van der Waals surface area contributed by atoms with Crippen molar-refractivity contribution in [3.05, 3.63) is 53.9 Å². The Balaban J connectivity index is 1.87. The van der Waals surface area contributed by atoms with Crippen LogP contribution in [0.3, 0.4) is 0 Å². The molecule has 0 N–H and O–H groups in total. The Kier molecular flexibility index (Phi) is 4.23. The fourth-order valence-electron chi connectivity index (χ4n) is 1.77. The summed E-state index contributed by atoms with van der Waals surface area (Å²) in [4.78, 5) is 11.8. The van der Waals surface area contributed by atoms with E-state index in [2.05, 4.69) is 25.9 Å². The van der Waals surface area contributed by atoms with Crippen molar-refractivity contribution in [1.82, 2.24) is 9.78 Å². The molecule has 0 amide bonds. The zero-order valence-electron chi connectivity index (χ0n) is 12.2. The molecular formula is C16H20N2O2. The summed E-state index contributed by atoms with van der Waals surface area (Å²) in [5, 5.41) is 4.39. The van der Waals surface area contributed by atoms with Crippen LogP contribution in [-0.2, 0) is 28.1 Å². The molecule has 0 bridgehead atoms. The SMILES string of the molecule is CC(C)(C)c1ccn(CC(=O)OCc2ccccc2)n1. The Bertz CT molecular complexity index is 568. The first-order valence-corrected chi connectivity index (χ1v) is 6.68. The van der Waals surface area contributed by atoms with E-state index in [0.29, 0.717) is 6.61 Å². The molecule has 2 aromatic rings. The topological polar surface area (TPSA) is 44.1 Å². The van der Waals surface area contributed by atoms with Crippen molar-refractivity contribution in [2.75, 3.05) is 0 Å². The van der Waals surface area contributed by atoms with Crippen LogP contribution >= 0.6 is 0 Å². The van der Waals surface area contributed by atoms with Gasteiger partial charge in [0, 0.05) is 11.6 Å². The van der Waals surface area contributed by atoms with Crippen LogP contribution in [0.15, 0.2) is 42.6 Å². The average Bonchev–Trinajstić information content (AvgIpc) is 2.86. The first-order chi connectivity index (χ1) is 9.45. The second-order valence-corrected chi connectivity index (χ2v) is 5.79. The molecule has 2 rings (SSSR count). The Morgan fingerprint density at radius 1 is 1.20 bits per heavy atom. The molecule has 4 heteroatoms. The minimum atomic E-state index is -0.280. The monoisotopic (exact) mass is 272 g/mol. The molecule has 0 saturated heterocycles. The summed E-state index contributed by atoms with van der Waals surface area (Å²) in [6, 6.07) is 11.6. The van der Waals surface area contributed by atoms with Gasteiger partial charge in [-0.1, -0.05) is 51.1 Å². The van der Waals surface area contributed by atoms with Gasteiger partial charge in [0.15, 0.2) is 0 Å². The number of nitrogens with zero attached hydrogens (tertiary/aromatic N) is 2. The fraction of sp³-hybridized carbons (Fsp3) is 0.375. The van der Waals surface area contributed by atoms with E-state index in [1.165, 1.54) is 0 Å². The maximum absolute atomic E-state index is 11.8. The predicted molar refractivity (Wildman–Crippen MR) is 77.2 cm³/mol. The van der Waals surface area contributed by atoms with Crippen LogP contribution in [0.2, 0.25) is 0 Å². The molecule has 0 aliphatic heterocycles. The van der Waals surface area contributed by atoms with Crippen LogP contribution in [0.4, 0.5) is 0 Å². The number of esters is 1. The maximum Gasteiger partial charge on any atom is 0.328 e. The van der Waals surface area contributed by atoms with Crippen LogP contribution in [0, 0.1) is 0 Å². The molecule has 20 heavy (non-hydrogen) atoms. The van der Waals surface area contributed by atoms with E-state index >= 15 is 0 Å². The van der Waals surface area contributed by atoms with Crippen molar-refractivity contribution >= 4 is 5.97 Å². The lowest BCUT2D eigenvalue weighted by molar-refractivity contribution is -0.145. The zero-order chi connectivity index (χ0) is 14.6. The molecule has 0 unspecified atom stereocenters. The third-order valence-electron chi connectivity index (χ3n) is 2.94. The number of hydrogen-bond donors (Lipinski definition) is 0. The van der Waals surface area contributed by atoms with E-state index in [-0.39, 0.29) is 17.9 Å². The highest BCUT2D eigenvalue weighted by Gasteiger charge is 2.17. The summed E-state index contributed by atoms with van der Waals surface area (Å²) in [7, 11) is 0. The van der Waals surface area contributed by atoms with Crippen molar-refractivity contribution in [1.29, 1.82) is 0 Å². The number of carbonyl (C=O) groups is 1. The van der Waals surface area contributed by atoms with E-state index in [4.69, 9.17) is 4.74 Å². The summed E-state index contributed by atoms with van der Waals surface area (Å²) >= 11 is 0. The first kappa shape index (κ1) is 14.3. The van der Waals surface area contributed by atoms with Gasteiger partial charge in [0.05, 0.1) is 5.69 Å².